The molecule has 1 aromatic heterocycles. The summed E-state index contributed by atoms with van der Waals surface area (Å²) in [5.41, 5.74) is 5.79. The molecule has 3 atom stereocenters. The predicted molar refractivity (Wildman–Crippen MR) is 251 cm³/mol. The number of Topliss-reactive ketones (excluding diaryl/α,β-unsaturated/α-hetero) is 1. The maximum Gasteiger partial charge on any atom is 0.407 e. The maximum atomic E-state index is 15.3. The van der Waals surface area contributed by atoms with E-state index in [2.05, 4.69) is 35.6 Å². The van der Waals surface area contributed by atoms with Crippen LogP contribution in [0.4, 0.5) is 13.6 Å². The molecule has 0 unspecified atom stereocenters. The Morgan fingerprint density at radius 2 is 1.58 bits per heavy atom. The molecular weight excluding hydrogens is 871 g/mol. The van der Waals surface area contributed by atoms with Crippen LogP contribution >= 0.6 is 0 Å². The lowest BCUT2D eigenvalue weighted by Crippen LogP contribution is -2.50. The number of nitrogens with one attached hydrogen (secondary N) is 3. The second kappa shape index (κ2) is 24.9. The molecule has 66 heavy (non-hydrogen) atoms. The van der Waals surface area contributed by atoms with Gasteiger partial charge in [-0.2, -0.15) is 0 Å². The molecule has 3 aromatic rings. The summed E-state index contributed by atoms with van der Waals surface area (Å²) in [7, 11) is -1.60. The summed E-state index contributed by atoms with van der Waals surface area (Å²) in [5, 5.41) is 18.3. The fourth-order valence-electron chi connectivity index (χ4n) is 7.26. The Morgan fingerprint density at radius 1 is 0.894 bits per heavy atom. The predicted octanol–water partition coefficient (Wildman–Crippen LogP) is 6.24. The molecule has 0 spiro atoms. The molecule has 0 aliphatic rings. The van der Waals surface area contributed by atoms with Crippen LogP contribution in [0.25, 0.3) is 11.1 Å². The number of benzene rings is 2. The number of esters is 1. The lowest BCUT2D eigenvalue weighted by Gasteiger charge is -2.41. The number of alkyl carbamates (subject to hydrolysis) is 1. The van der Waals surface area contributed by atoms with E-state index in [9.17, 15) is 38.3 Å². The number of aromatic nitrogens is 1. The second-order valence-electron chi connectivity index (χ2n) is 19.6. The van der Waals surface area contributed by atoms with Gasteiger partial charge in [-0.1, -0.05) is 70.7 Å². The summed E-state index contributed by atoms with van der Waals surface area (Å²) < 4.78 is 42.4. The number of ether oxygens (including phenoxy) is 2. The van der Waals surface area contributed by atoms with E-state index in [0.29, 0.717) is 23.8 Å². The van der Waals surface area contributed by atoms with Crippen molar-refractivity contribution in [3.05, 3.63) is 83.7 Å². The van der Waals surface area contributed by atoms with Crippen molar-refractivity contribution in [3.63, 3.8) is 0 Å². The van der Waals surface area contributed by atoms with Crippen molar-refractivity contribution < 1.29 is 52.1 Å². The van der Waals surface area contributed by atoms with Crippen LogP contribution in [0.5, 0.6) is 0 Å². The number of rotatable bonds is 24. The summed E-state index contributed by atoms with van der Waals surface area (Å²) in [4.78, 5) is 80.2. The molecule has 0 radical (unpaired) electrons. The van der Waals surface area contributed by atoms with E-state index < -0.39 is 85.2 Å². The summed E-state index contributed by atoms with van der Waals surface area (Å²) in [5.74, 6) is -4.10. The van der Waals surface area contributed by atoms with E-state index >= 15 is 4.39 Å². The summed E-state index contributed by atoms with van der Waals surface area (Å²) >= 11 is 0. The van der Waals surface area contributed by atoms with Crippen molar-refractivity contribution in [2.24, 2.45) is 11.1 Å². The van der Waals surface area contributed by atoms with Crippen LogP contribution < -0.4 is 21.7 Å². The Bertz CT molecular complexity index is 2110. The Kier molecular flexibility index (Phi) is 20.7. The van der Waals surface area contributed by atoms with Crippen molar-refractivity contribution in [2.75, 3.05) is 32.8 Å². The van der Waals surface area contributed by atoms with Crippen molar-refractivity contribution in [1.82, 2.24) is 25.4 Å². The lowest BCUT2D eigenvalue weighted by molar-refractivity contribution is -0.155. The molecule has 15 nitrogen and oxygen atoms in total. The first-order valence-electron chi connectivity index (χ1n) is 22.4. The van der Waals surface area contributed by atoms with Crippen LogP contribution in [0.3, 0.4) is 0 Å². The molecule has 6 N–H and O–H groups in total. The molecule has 0 fully saturated rings. The largest absolute Gasteiger partial charge is 0.460 e. The number of aliphatic hydroxyl groups is 1. The topological polar surface area (TPSA) is 211 Å². The number of nitrogens with zero attached hydrogens (tertiary/aromatic N) is 2. The molecule has 2 aromatic carbocycles. The second-order valence-corrected chi connectivity index (χ2v) is 25.3. The molecule has 4 amide bonds. The quantitative estimate of drug-likeness (QED) is 0.0388. The number of ketones is 1. The smallest absolute Gasteiger partial charge is 0.407 e. The van der Waals surface area contributed by atoms with Gasteiger partial charge in [0.1, 0.15) is 29.9 Å². The highest BCUT2D eigenvalue weighted by Gasteiger charge is 2.38. The third kappa shape index (κ3) is 18.4. The van der Waals surface area contributed by atoms with Crippen molar-refractivity contribution in [2.45, 2.75) is 130 Å². The van der Waals surface area contributed by atoms with Gasteiger partial charge in [-0.05, 0) is 81.3 Å². The van der Waals surface area contributed by atoms with Gasteiger partial charge in [-0.3, -0.25) is 24.0 Å². The first-order chi connectivity index (χ1) is 30.8. The van der Waals surface area contributed by atoms with Crippen LogP contribution in [0.15, 0.2) is 60.8 Å². The van der Waals surface area contributed by atoms with Gasteiger partial charge in [0.05, 0.1) is 25.2 Å². The summed E-state index contributed by atoms with van der Waals surface area (Å²) in [6.45, 7) is 16.2. The normalized spacial score (nSPS) is 13.2. The van der Waals surface area contributed by atoms with E-state index in [4.69, 9.17) is 15.2 Å². The molecule has 3 rings (SSSR count). The zero-order chi connectivity index (χ0) is 49.4. The molecule has 0 saturated heterocycles. The fraction of sp³-hybridized carbons (Fsp3) is 0.542. The highest BCUT2D eigenvalue weighted by Crippen LogP contribution is 2.41. The number of nitrogens with two attached hydrogens (primary N) is 1. The van der Waals surface area contributed by atoms with Gasteiger partial charge >= 0.3 is 12.1 Å². The average Bonchev–Trinajstić information content (AvgIpc) is 3.62. The molecular formula is C48H70F2N6O9Si. The first-order valence-corrected chi connectivity index (χ1v) is 26.1. The van der Waals surface area contributed by atoms with Crippen LogP contribution in [-0.4, -0.2) is 109 Å². The van der Waals surface area contributed by atoms with Gasteiger partial charge in [0.2, 0.25) is 17.7 Å². The number of carbonyl (C=O) groups is 6. The number of aliphatic hydroxyl groups excluding tert-OH is 1. The van der Waals surface area contributed by atoms with Gasteiger partial charge in [-0.15, -0.1) is 0 Å². The Hall–Kier alpha value is -5.46. The highest BCUT2D eigenvalue weighted by molar-refractivity contribution is 6.76. The van der Waals surface area contributed by atoms with Gasteiger partial charge in [0.15, 0.2) is 5.78 Å². The minimum Gasteiger partial charge on any atom is -0.460 e. The summed E-state index contributed by atoms with van der Waals surface area (Å²) in [6.07, 6.45) is 0.594. The van der Waals surface area contributed by atoms with E-state index in [-0.39, 0.29) is 69.7 Å². The zero-order valence-corrected chi connectivity index (χ0v) is 40.9. The molecule has 18 heteroatoms. The van der Waals surface area contributed by atoms with Crippen molar-refractivity contribution in [1.29, 1.82) is 0 Å². The van der Waals surface area contributed by atoms with E-state index in [0.717, 1.165) is 23.8 Å². The third-order valence-electron chi connectivity index (χ3n) is 10.5. The number of hydrogen-bond donors (Lipinski definition) is 5. The van der Waals surface area contributed by atoms with Gasteiger partial charge in [0, 0.05) is 63.6 Å². The van der Waals surface area contributed by atoms with Gasteiger partial charge in [0.25, 0.3) is 0 Å². The standard InChI is InChI=1S/C48H70F2N6O9Si/c1-47(2,3)44(39-26-33(35-27-34(49)17-18-36(35)50)30-55(39)29-32-14-11-10-12-15-32)56(42(60)31-57)23-21-38(54-46(63)64-24-25-66(7,8)9)45(62)52-22-13-16-40(58)37(53-41(59)28-51)19-20-43(61)65-48(4,5)6/h10-12,14-15,17-18,26-27,30,37-38,44,57H,13,16,19-25,28-29,31,51H2,1-9H3,(H,52,62)(H,53,59)(H,54,63)/t37-,38+,44+/m1/s1. The number of carbonyl (C=O) groups excluding carboxylic acids is 6. The highest BCUT2D eigenvalue weighted by atomic mass is 28.3. The van der Waals surface area contributed by atoms with E-state index in [1.165, 1.54) is 4.90 Å². The molecule has 364 valence electrons. The molecule has 0 bridgehead atoms. The van der Waals surface area contributed by atoms with Crippen LogP contribution in [0.2, 0.25) is 25.7 Å². The fourth-order valence-corrected chi connectivity index (χ4v) is 7.98. The van der Waals surface area contributed by atoms with Crippen molar-refractivity contribution >= 4 is 43.6 Å². The number of halogens is 2. The molecule has 1 heterocycles. The minimum absolute atomic E-state index is 0.0164. The van der Waals surface area contributed by atoms with E-state index in [1.807, 2.05) is 55.7 Å². The average molecular weight is 941 g/mol. The third-order valence-corrected chi connectivity index (χ3v) is 12.2. The number of amides is 4. The zero-order valence-electron chi connectivity index (χ0n) is 39.9. The SMILES string of the molecule is CC(C)(C)OC(=O)CC[C@@H](NC(=O)CN)C(=O)CCCNC(=O)[C@H](CCN(C(=O)CO)[C@@H](c1cc(-c2cc(F)ccc2F)cn1Cc1ccccc1)C(C)(C)C)NC(=O)OCC[Si](C)(C)C. The van der Waals surface area contributed by atoms with Crippen LogP contribution in [0, 0.1) is 17.0 Å². The number of hydrogen-bond acceptors (Lipinski definition) is 10. The van der Waals surface area contributed by atoms with Gasteiger partial charge in [-0.25, -0.2) is 13.6 Å². The first kappa shape index (κ1) is 54.9. The Balaban J connectivity index is 1.92. The lowest BCUT2D eigenvalue weighted by atomic mass is 9.82. The van der Waals surface area contributed by atoms with Crippen LogP contribution in [0.1, 0.15) is 90.9 Å². The Labute approximate surface area is 388 Å². The summed E-state index contributed by atoms with van der Waals surface area (Å²) in [6, 6.07) is 11.9. The Morgan fingerprint density at radius 3 is 2.18 bits per heavy atom. The van der Waals surface area contributed by atoms with Crippen molar-refractivity contribution in [3.8, 4) is 11.1 Å². The molecule has 0 saturated carbocycles. The monoisotopic (exact) mass is 940 g/mol. The minimum atomic E-state index is -1.60. The maximum absolute atomic E-state index is 15.3. The molecule has 0 aliphatic heterocycles. The van der Waals surface area contributed by atoms with Gasteiger partial charge < -0.3 is 45.7 Å². The molecule has 0 aliphatic carbocycles. The van der Waals surface area contributed by atoms with E-state index in [1.54, 1.807) is 33.0 Å². The van der Waals surface area contributed by atoms with Crippen LogP contribution in [-0.2, 0) is 40.0 Å².